The lowest BCUT2D eigenvalue weighted by Crippen LogP contribution is -2.30. The van der Waals surface area contributed by atoms with E-state index in [1.165, 1.54) is 212 Å². The maximum absolute atomic E-state index is 12.9. The van der Waals surface area contributed by atoms with Crippen molar-refractivity contribution in [3.8, 4) is 0 Å². The molecule has 0 saturated heterocycles. The van der Waals surface area contributed by atoms with Crippen LogP contribution in [0.1, 0.15) is 348 Å². The van der Waals surface area contributed by atoms with E-state index in [1.54, 1.807) is 0 Å². The summed E-state index contributed by atoms with van der Waals surface area (Å²) < 4.78 is 16.9. The smallest absolute Gasteiger partial charge is 0.306 e. The SMILES string of the molecule is CC/C=C\C/C=C\C/C=C\C/C=C\CCCCCCCCCCCCC(=O)OC(COC(=O)CCCCCCC/C=C\CCC)COC(=O)CCCCCCCCCCCCCCCCCCCCCCCCCCC. The summed E-state index contributed by atoms with van der Waals surface area (Å²) in [6.07, 6.45) is 82.5. The van der Waals surface area contributed by atoms with Crippen LogP contribution < -0.4 is 0 Å². The van der Waals surface area contributed by atoms with Gasteiger partial charge in [0.1, 0.15) is 13.2 Å². The third-order valence-electron chi connectivity index (χ3n) is 14.7. The highest BCUT2D eigenvalue weighted by atomic mass is 16.6. The van der Waals surface area contributed by atoms with E-state index in [4.69, 9.17) is 14.2 Å². The highest BCUT2D eigenvalue weighted by molar-refractivity contribution is 5.71. The topological polar surface area (TPSA) is 78.9 Å². The first kappa shape index (κ1) is 73.1. The van der Waals surface area contributed by atoms with Crippen molar-refractivity contribution in [2.75, 3.05) is 13.2 Å². The van der Waals surface area contributed by atoms with Crippen molar-refractivity contribution < 1.29 is 28.6 Å². The third kappa shape index (κ3) is 62.0. The Morgan fingerprint density at radius 1 is 0.276 bits per heavy atom. The van der Waals surface area contributed by atoms with Crippen LogP contribution in [-0.2, 0) is 28.6 Å². The van der Waals surface area contributed by atoms with Gasteiger partial charge in [0.2, 0.25) is 0 Å². The van der Waals surface area contributed by atoms with Gasteiger partial charge in [0, 0.05) is 19.3 Å². The zero-order chi connectivity index (χ0) is 55.0. The van der Waals surface area contributed by atoms with Gasteiger partial charge >= 0.3 is 17.9 Å². The molecule has 1 unspecified atom stereocenters. The lowest BCUT2D eigenvalue weighted by atomic mass is 10.0. The molecule has 0 saturated carbocycles. The van der Waals surface area contributed by atoms with Crippen LogP contribution in [-0.4, -0.2) is 37.2 Å². The number of esters is 3. The average Bonchev–Trinajstić information content (AvgIpc) is 3.42. The largest absolute Gasteiger partial charge is 0.462 e. The number of carbonyl (C=O) groups is 3. The molecule has 1 atom stereocenters. The van der Waals surface area contributed by atoms with Gasteiger partial charge in [0.25, 0.3) is 0 Å². The van der Waals surface area contributed by atoms with Crippen molar-refractivity contribution in [3.05, 3.63) is 60.8 Å². The zero-order valence-corrected chi connectivity index (χ0v) is 50.8. The molecular weight excluding hydrogens is 937 g/mol. The van der Waals surface area contributed by atoms with Crippen molar-refractivity contribution in [3.63, 3.8) is 0 Å². The summed E-state index contributed by atoms with van der Waals surface area (Å²) in [4.78, 5) is 38.3. The van der Waals surface area contributed by atoms with Gasteiger partial charge in [0.15, 0.2) is 6.10 Å². The third-order valence-corrected chi connectivity index (χ3v) is 14.7. The predicted octanol–water partition coefficient (Wildman–Crippen LogP) is 22.7. The Kier molecular flexibility index (Phi) is 62.2. The number of allylic oxidation sites excluding steroid dienone is 10. The summed E-state index contributed by atoms with van der Waals surface area (Å²) in [6, 6.07) is 0. The van der Waals surface area contributed by atoms with E-state index >= 15 is 0 Å². The minimum atomic E-state index is -0.779. The summed E-state index contributed by atoms with van der Waals surface area (Å²) in [5, 5.41) is 0. The first-order chi connectivity index (χ1) is 37.5. The fraction of sp³-hybridized carbons (Fsp3) is 0.814. The van der Waals surface area contributed by atoms with Gasteiger partial charge < -0.3 is 14.2 Å². The van der Waals surface area contributed by atoms with E-state index in [9.17, 15) is 14.4 Å². The Hall–Kier alpha value is -2.89. The van der Waals surface area contributed by atoms with Gasteiger partial charge in [0.05, 0.1) is 0 Å². The van der Waals surface area contributed by atoms with E-state index in [0.29, 0.717) is 19.3 Å². The van der Waals surface area contributed by atoms with Crippen LogP contribution in [0.5, 0.6) is 0 Å². The standard InChI is InChI=1S/C70H126O6/c1-4-7-10-13-16-19-22-24-26-28-30-32-34-35-37-38-40-42-44-46-48-51-54-57-60-63-69(72)75-66-67(65-74-68(71)62-59-56-53-50-21-18-15-12-9-6-3)76-70(73)64-61-58-55-52-49-47-45-43-41-39-36-33-31-29-27-25-23-20-17-14-11-8-5-2/h8,11-12,15,17,20,25,27,31,33,67H,4-7,9-10,13-14,16,18-19,21-24,26,28-30,32,34-66H2,1-3H3/b11-8-,15-12-,20-17-,27-25-,33-31-. The maximum Gasteiger partial charge on any atom is 0.306 e. The van der Waals surface area contributed by atoms with Crippen molar-refractivity contribution in [1.29, 1.82) is 0 Å². The molecule has 0 amide bonds. The van der Waals surface area contributed by atoms with E-state index in [1.807, 2.05) is 0 Å². The maximum atomic E-state index is 12.9. The molecular formula is C70H126O6. The lowest BCUT2D eigenvalue weighted by Gasteiger charge is -2.18. The monoisotopic (exact) mass is 1060 g/mol. The predicted molar refractivity (Wildman–Crippen MR) is 330 cm³/mol. The molecule has 76 heavy (non-hydrogen) atoms. The van der Waals surface area contributed by atoms with E-state index in [0.717, 1.165) is 96.3 Å². The fourth-order valence-corrected chi connectivity index (χ4v) is 9.79. The highest BCUT2D eigenvalue weighted by Gasteiger charge is 2.19. The minimum absolute atomic E-state index is 0.0750. The van der Waals surface area contributed by atoms with Crippen LogP contribution in [0, 0.1) is 0 Å². The Morgan fingerprint density at radius 3 is 0.868 bits per heavy atom. The van der Waals surface area contributed by atoms with E-state index < -0.39 is 6.10 Å². The van der Waals surface area contributed by atoms with Crippen molar-refractivity contribution in [1.82, 2.24) is 0 Å². The molecule has 0 radical (unpaired) electrons. The van der Waals surface area contributed by atoms with Gasteiger partial charge in [-0.1, -0.05) is 313 Å². The molecule has 0 bridgehead atoms. The molecule has 0 aliphatic heterocycles. The van der Waals surface area contributed by atoms with Crippen LogP contribution in [0.2, 0.25) is 0 Å². The highest BCUT2D eigenvalue weighted by Crippen LogP contribution is 2.18. The molecule has 442 valence electrons. The summed E-state index contributed by atoms with van der Waals surface area (Å²) in [7, 11) is 0. The van der Waals surface area contributed by atoms with Gasteiger partial charge in [-0.25, -0.2) is 0 Å². The minimum Gasteiger partial charge on any atom is -0.462 e. The van der Waals surface area contributed by atoms with E-state index in [-0.39, 0.29) is 31.1 Å². The second-order valence-electron chi connectivity index (χ2n) is 22.4. The molecule has 0 spiro atoms. The first-order valence-electron chi connectivity index (χ1n) is 33.3. The summed E-state index contributed by atoms with van der Waals surface area (Å²) in [6.45, 7) is 6.51. The Bertz CT molecular complexity index is 1360. The van der Waals surface area contributed by atoms with Gasteiger partial charge in [-0.15, -0.1) is 0 Å². The molecule has 0 aromatic heterocycles. The second-order valence-corrected chi connectivity index (χ2v) is 22.4. The molecule has 0 heterocycles. The molecule has 0 N–H and O–H groups in total. The Balaban J connectivity index is 4.19. The van der Waals surface area contributed by atoms with Crippen LogP contribution in [0.4, 0.5) is 0 Å². The van der Waals surface area contributed by atoms with Gasteiger partial charge in [-0.05, 0) is 77.0 Å². The number of rotatable bonds is 61. The number of hydrogen-bond donors (Lipinski definition) is 0. The van der Waals surface area contributed by atoms with Crippen LogP contribution >= 0.6 is 0 Å². The normalized spacial score (nSPS) is 12.4. The first-order valence-corrected chi connectivity index (χ1v) is 33.3. The summed E-state index contributed by atoms with van der Waals surface area (Å²) >= 11 is 0. The number of carbonyl (C=O) groups excluding carboxylic acids is 3. The molecule has 0 aliphatic carbocycles. The second kappa shape index (κ2) is 64.6. The fourth-order valence-electron chi connectivity index (χ4n) is 9.79. The average molecular weight is 1060 g/mol. The lowest BCUT2D eigenvalue weighted by molar-refractivity contribution is -0.167. The van der Waals surface area contributed by atoms with Gasteiger partial charge in [-0.3, -0.25) is 14.4 Å². The molecule has 0 rings (SSSR count). The molecule has 0 aromatic rings. The van der Waals surface area contributed by atoms with Crippen LogP contribution in [0.15, 0.2) is 60.8 Å². The summed E-state index contributed by atoms with van der Waals surface area (Å²) in [5.41, 5.74) is 0. The van der Waals surface area contributed by atoms with E-state index in [2.05, 4.69) is 81.5 Å². The number of ether oxygens (including phenoxy) is 3. The zero-order valence-electron chi connectivity index (χ0n) is 50.8. The van der Waals surface area contributed by atoms with Crippen molar-refractivity contribution in [2.24, 2.45) is 0 Å². The molecule has 6 heteroatoms. The van der Waals surface area contributed by atoms with Crippen LogP contribution in [0.25, 0.3) is 0 Å². The number of unbranched alkanes of at least 4 members (excludes halogenated alkanes) is 40. The summed E-state index contributed by atoms with van der Waals surface area (Å²) in [5.74, 6) is -0.872. The molecule has 0 fully saturated rings. The molecule has 0 aromatic carbocycles. The van der Waals surface area contributed by atoms with Crippen LogP contribution in [0.3, 0.4) is 0 Å². The van der Waals surface area contributed by atoms with Crippen molar-refractivity contribution >= 4 is 17.9 Å². The van der Waals surface area contributed by atoms with Gasteiger partial charge in [-0.2, -0.15) is 0 Å². The van der Waals surface area contributed by atoms with Crippen molar-refractivity contribution in [2.45, 2.75) is 354 Å². The number of hydrogen-bond acceptors (Lipinski definition) is 6. The molecule has 6 nitrogen and oxygen atoms in total. The Labute approximate surface area is 472 Å². The Morgan fingerprint density at radius 2 is 0.539 bits per heavy atom. The quantitative estimate of drug-likeness (QED) is 0.0261. The molecule has 0 aliphatic rings.